The van der Waals surface area contributed by atoms with Crippen LogP contribution in [0.3, 0.4) is 0 Å². The third-order valence-corrected chi connectivity index (χ3v) is 5.85. The lowest BCUT2D eigenvalue weighted by Crippen LogP contribution is -2.14. The van der Waals surface area contributed by atoms with Crippen LogP contribution in [0.5, 0.6) is 11.5 Å². The molecule has 2 aromatic carbocycles. The van der Waals surface area contributed by atoms with Gasteiger partial charge in [0.05, 0.1) is 6.54 Å². The van der Waals surface area contributed by atoms with Crippen LogP contribution in [0.4, 0.5) is 0 Å². The molecule has 8 heteroatoms. The van der Waals surface area contributed by atoms with Gasteiger partial charge < -0.3 is 19.1 Å². The summed E-state index contributed by atoms with van der Waals surface area (Å²) < 4.78 is 12.5. The summed E-state index contributed by atoms with van der Waals surface area (Å²) in [7, 11) is 0. The lowest BCUT2D eigenvalue weighted by molar-refractivity contribution is 0.0681. The molecule has 1 aliphatic heterocycles. The van der Waals surface area contributed by atoms with Crippen molar-refractivity contribution in [3.8, 4) is 11.5 Å². The lowest BCUT2D eigenvalue weighted by Gasteiger charge is -2.14. The van der Waals surface area contributed by atoms with Gasteiger partial charge in [-0.1, -0.05) is 55.4 Å². The number of aromatic nitrogens is 2. The molecule has 4 rings (SSSR count). The van der Waals surface area contributed by atoms with Gasteiger partial charge in [-0.15, -0.1) is 0 Å². The number of carbonyl (C=O) groups is 1. The van der Waals surface area contributed by atoms with Crippen molar-refractivity contribution in [1.82, 2.24) is 9.55 Å². The summed E-state index contributed by atoms with van der Waals surface area (Å²) in [6.07, 6.45) is 0. The Balaban J connectivity index is 1.78. The minimum Gasteiger partial charge on any atom is -0.476 e. The maximum Gasteiger partial charge on any atom is 0.355 e. The van der Waals surface area contributed by atoms with E-state index in [-0.39, 0.29) is 24.9 Å². The largest absolute Gasteiger partial charge is 0.476 e. The molecular weight excluding hydrogens is 412 g/mol. The first-order valence-corrected chi connectivity index (χ1v) is 10.3. The smallest absolute Gasteiger partial charge is 0.355 e. The van der Waals surface area contributed by atoms with E-state index in [9.17, 15) is 9.90 Å². The summed E-state index contributed by atoms with van der Waals surface area (Å²) in [4.78, 5) is 17.8. The molecule has 0 amide bonds. The standard InChI is InChI=1S/C21H19ClN2O4S/c1-12(2)19-23-20(29-14-6-4-3-5-7-14)18(21(25)26)24(19)10-13-8-16-17(9-15(13)22)28-11-27-16/h3-9,12H,10-11H2,1-2H3,(H,25,26). The van der Waals surface area contributed by atoms with Crippen molar-refractivity contribution < 1.29 is 19.4 Å². The highest BCUT2D eigenvalue weighted by atomic mass is 35.5. The molecule has 0 fully saturated rings. The Bertz CT molecular complexity index is 1070. The molecule has 0 radical (unpaired) electrons. The average molecular weight is 431 g/mol. The van der Waals surface area contributed by atoms with Crippen molar-refractivity contribution in [2.75, 3.05) is 6.79 Å². The third kappa shape index (κ3) is 3.93. The van der Waals surface area contributed by atoms with Gasteiger partial charge in [0.1, 0.15) is 10.9 Å². The number of imidazole rings is 1. The van der Waals surface area contributed by atoms with Crippen molar-refractivity contribution in [3.05, 3.63) is 64.6 Å². The van der Waals surface area contributed by atoms with Gasteiger partial charge in [0.2, 0.25) is 6.79 Å². The number of halogens is 1. The zero-order chi connectivity index (χ0) is 20.5. The van der Waals surface area contributed by atoms with E-state index in [1.807, 2.05) is 44.2 Å². The molecule has 0 aliphatic carbocycles. The number of benzene rings is 2. The Kier molecular flexibility index (Phi) is 5.43. The van der Waals surface area contributed by atoms with Crippen LogP contribution >= 0.6 is 23.4 Å². The Hall–Kier alpha value is -2.64. The highest BCUT2D eigenvalue weighted by Gasteiger charge is 2.26. The number of aromatic carboxylic acids is 1. The second kappa shape index (κ2) is 8.00. The number of hydrogen-bond acceptors (Lipinski definition) is 5. The lowest BCUT2D eigenvalue weighted by atomic mass is 10.1. The number of carboxylic acids is 1. The minimum absolute atomic E-state index is 0.0333. The fourth-order valence-corrected chi connectivity index (χ4v) is 4.34. The van der Waals surface area contributed by atoms with E-state index in [2.05, 4.69) is 4.98 Å². The van der Waals surface area contributed by atoms with Crippen molar-refractivity contribution in [1.29, 1.82) is 0 Å². The summed E-state index contributed by atoms with van der Waals surface area (Å²) in [6, 6.07) is 13.1. The molecule has 1 aliphatic rings. The average Bonchev–Trinajstić information content (AvgIpc) is 3.27. The first kappa shape index (κ1) is 19.7. The number of hydrogen-bond donors (Lipinski definition) is 1. The minimum atomic E-state index is -1.03. The van der Waals surface area contributed by atoms with Crippen LogP contribution in [-0.4, -0.2) is 27.4 Å². The van der Waals surface area contributed by atoms with Gasteiger partial charge in [0.25, 0.3) is 0 Å². The Labute approximate surface area is 177 Å². The van der Waals surface area contributed by atoms with E-state index in [0.717, 1.165) is 10.5 Å². The fourth-order valence-electron chi connectivity index (χ4n) is 3.18. The molecule has 0 saturated carbocycles. The number of nitrogens with zero attached hydrogens (tertiary/aromatic N) is 2. The van der Waals surface area contributed by atoms with E-state index in [0.29, 0.717) is 27.4 Å². The molecule has 0 bridgehead atoms. The van der Waals surface area contributed by atoms with Crippen LogP contribution < -0.4 is 9.47 Å². The normalized spacial score (nSPS) is 12.6. The SMILES string of the molecule is CC(C)c1nc(Sc2ccccc2)c(C(=O)O)n1Cc1cc2c(cc1Cl)OCO2. The molecule has 1 aromatic heterocycles. The molecule has 150 valence electrons. The second-order valence-electron chi connectivity index (χ2n) is 6.88. The maximum atomic E-state index is 12.2. The maximum absolute atomic E-state index is 12.2. The van der Waals surface area contributed by atoms with Crippen molar-refractivity contribution in [2.45, 2.75) is 36.2 Å². The Morgan fingerprint density at radius 1 is 1.24 bits per heavy atom. The number of fused-ring (bicyclic) bond motifs is 1. The van der Waals surface area contributed by atoms with Crippen LogP contribution in [0, 0.1) is 0 Å². The number of carboxylic acid groups (broad SMARTS) is 1. The van der Waals surface area contributed by atoms with Crippen LogP contribution in [0.2, 0.25) is 5.02 Å². The van der Waals surface area contributed by atoms with E-state index in [4.69, 9.17) is 21.1 Å². The first-order chi connectivity index (χ1) is 13.9. The van der Waals surface area contributed by atoms with Crippen molar-refractivity contribution in [2.24, 2.45) is 0 Å². The molecule has 2 heterocycles. The summed E-state index contributed by atoms with van der Waals surface area (Å²) in [5, 5.41) is 10.9. The second-order valence-corrected chi connectivity index (χ2v) is 8.35. The van der Waals surface area contributed by atoms with E-state index < -0.39 is 5.97 Å². The fraction of sp³-hybridized carbons (Fsp3) is 0.238. The Morgan fingerprint density at radius 3 is 2.59 bits per heavy atom. The molecule has 0 atom stereocenters. The van der Waals surface area contributed by atoms with Gasteiger partial charge in [0, 0.05) is 21.9 Å². The zero-order valence-electron chi connectivity index (χ0n) is 15.9. The van der Waals surface area contributed by atoms with Gasteiger partial charge in [-0.3, -0.25) is 0 Å². The van der Waals surface area contributed by atoms with Gasteiger partial charge in [0.15, 0.2) is 17.2 Å². The first-order valence-electron chi connectivity index (χ1n) is 9.08. The number of rotatable bonds is 6. The predicted molar refractivity (Wildman–Crippen MR) is 111 cm³/mol. The van der Waals surface area contributed by atoms with E-state index in [1.54, 1.807) is 16.7 Å². The highest BCUT2D eigenvalue weighted by Crippen LogP contribution is 2.38. The van der Waals surface area contributed by atoms with Crippen molar-refractivity contribution >= 4 is 29.3 Å². The topological polar surface area (TPSA) is 73.6 Å². The molecule has 29 heavy (non-hydrogen) atoms. The Morgan fingerprint density at radius 2 is 1.93 bits per heavy atom. The quantitative estimate of drug-likeness (QED) is 0.573. The molecule has 0 spiro atoms. The summed E-state index contributed by atoms with van der Waals surface area (Å²) >= 11 is 7.78. The molecular formula is C21H19ClN2O4S. The van der Waals surface area contributed by atoms with Gasteiger partial charge in [-0.2, -0.15) is 0 Å². The van der Waals surface area contributed by atoms with Gasteiger partial charge in [-0.05, 0) is 23.8 Å². The molecule has 6 nitrogen and oxygen atoms in total. The summed E-state index contributed by atoms with van der Waals surface area (Å²) in [5.74, 6) is 0.888. The summed E-state index contributed by atoms with van der Waals surface area (Å²) in [5.41, 5.74) is 0.894. The van der Waals surface area contributed by atoms with E-state index >= 15 is 0 Å². The van der Waals surface area contributed by atoms with Gasteiger partial charge in [-0.25, -0.2) is 9.78 Å². The van der Waals surface area contributed by atoms with Crippen molar-refractivity contribution in [3.63, 3.8) is 0 Å². The van der Waals surface area contributed by atoms with Gasteiger partial charge >= 0.3 is 5.97 Å². The molecule has 0 saturated heterocycles. The molecule has 1 N–H and O–H groups in total. The third-order valence-electron chi connectivity index (χ3n) is 4.51. The molecule has 0 unspecified atom stereocenters. The van der Waals surface area contributed by atoms with Crippen LogP contribution in [0.15, 0.2) is 52.4 Å². The number of ether oxygens (including phenoxy) is 2. The molecule has 3 aromatic rings. The van der Waals surface area contributed by atoms with Crippen LogP contribution in [0.1, 0.15) is 41.6 Å². The summed E-state index contributed by atoms with van der Waals surface area (Å²) in [6.45, 7) is 4.40. The predicted octanol–water partition coefficient (Wildman–Crippen LogP) is 5.29. The van der Waals surface area contributed by atoms with E-state index in [1.165, 1.54) is 11.8 Å². The monoisotopic (exact) mass is 430 g/mol. The zero-order valence-corrected chi connectivity index (χ0v) is 17.5. The van der Waals surface area contributed by atoms with Crippen LogP contribution in [0.25, 0.3) is 0 Å². The van der Waals surface area contributed by atoms with Crippen LogP contribution in [-0.2, 0) is 6.54 Å². The highest BCUT2D eigenvalue weighted by molar-refractivity contribution is 7.99.